The molecule has 0 aromatic heterocycles. The lowest BCUT2D eigenvalue weighted by molar-refractivity contribution is -0.129. The Bertz CT molecular complexity index is 440. The molecule has 1 aliphatic carbocycles. The maximum absolute atomic E-state index is 11.1. The van der Waals surface area contributed by atoms with Crippen molar-refractivity contribution >= 4 is 6.29 Å². The van der Waals surface area contributed by atoms with Crippen molar-refractivity contribution in [1.29, 1.82) is 0 Å². The van der Waals surface area contributed by atoms with Crippen LogP contribution >= 0.6 is 0 Å². The first kappa shape index (κ1) is 16.2. The van der Waals surface area contributed by atoms with Crippen LogP contribution in [0.25, 0.3) is 0 Å². The molecule has 1 aromatic rings. The Hall–Kier alpha value is -1.15. The third-order valence-electron chi connectivity index (χ3n) is 5.20. The molecule has 0 unspecified atom stereocenters. The van der Waals surface area contributed by atoms with E-state index in [2.05, 4.69) is 32.9 Å². The zero-order valence-electron chi connectivity index (χ0n) is 13.5. The molecule has 2 heteroatoms. The minimum Gasteiger partial charge on any atom is -0.370 e. The SMILES string of the molecule is CC(C)[C@H]1CC[C@@](C)(OCc2ccccc2)[C@@H](CC=O)C1. The van der Waals surface area contributed by atoms with Gasteiger partial charge in [0.1, 0.15) is 6.29 Å². The normalized spacial score (nSPS) is 29.5. The van der Waals surface area contributed by atoms with Crippen LogP contribution in [0.2, 0.25) is 0 Å². The molecule has 0 heterocycles. The van der Waals surface area contributed by atoms with Gasteiger partial charge in [0.25, 0.3) is 0 Å². The molecule has 0 aliphatic heterocycles. The van der Waals surface area contributed by atoms with Crippen LogP contribution in [-0.4, -0.2) is 11.9 Å². The molecule has 0 N–H and O–H groups in total. The zero-order valence-corrected chi connectivity index (χ0v) is 13.5. The number of hydrogen-bond acceptors (Lipinski definition) is 2. The largest absolute Gasteiger partial charge is 0.370 e. The molecule has 1 aliphatic rings. The van der Waals surface area contributed by atoms with Crippen molar-refractivity contribution in [2.75, 3.05) is 0 Å². The fraction of sp³-hybridized carbons (Fsp3) is 0.632. The third kappa shape index (κ3) is 4.16. The summed E-state index contributed by atoms with van der Waals surface area (Å²) < 4.78 is 6.29. The lowest BCUT2D eigenvalue weighted by atomic mass is 9.67. The summed E-state index contributed by atoms with van der Waals surface area (Å²) in [6, 6.07) is 10.3. The molecule has 2 rings (SSSR count). The summed E-state index contributed by atoms with van der Waals surface area (Å²) in [6.45, 7) is 7.41. The van der Waals surface area contributed by atoms with E-state index in [1.54, 1.807) is 0 Å². The molecule has 0 amide bonds. The number of aldehydes is 1. The van der Waals surface area contributed by atoms with Gasteiger partial charge in [0, 0.05) is 6.42 Å². The van der Waals surface area contributed by atoms with E-state index < -0.39 is 0 Å². The predicted molar refractivity (Wildman–Crippen MR) is 86.0 cm³/mol. The second-order valence-electron chi connectivity index (χ2n) is 6.96. The average molecular weight is 288 g/mol. The van der Waals surface area contributed by atoms with Crippen LogP contribution in [0.5, 0.6) is 0 Å². The Morgan fingerprint density at radius 2 is 2.05 bits per heavy atom. The van der Waals surface area contributed by atoms with Gasteiger partial charge in [0.15, 0.2) is 0 Å². The summed E-state index contributed by atoms with van der Waals surface area (Å²) in [5, 5.41) is 0. The van der Waals surface area contributed by atoms with Crippen molar-refractivity contribution < 1.29 is 9.53 Å². The summed E-state index contributed by atoms with van der Waals surface area (Å²) in [5.74, 6) is 1.76. The van der Waals surface area contributed by atoms with E-state index in [0.717, 1.165) is 25.0 Å². The number of rotatable bonds is 6. The Labute approximate surface area is 128 Å². The van der Waals surface area contributed by atoms with E-state index >= 15 is 0 Å². The molecule has 116 valence electrons. The molecule has 0 radical (unpaired) electrons. The first-order valence-corrected chi connectivity index (χ1v) is 8.16. The molecular weight excluding hydrogens is 260 g/mol. The van der Waals surface area contributed by atoms with Gasteiger partial charge in [0.2, 0.25) is 0 Å². The zero-order chi connectivity index (χ0) is 15.3. The van der Waals surface area contributed by atoms with Crippen molar-refractivity contribution in [3.05, 3.63) is 35.9 Å². The van der Waals surface area contributed by atoms with Crippen molar-refractivity contribution in [3.8, 4) is 0 Å². The lowest BCUT2D eigenvalue weighted by Gasteiger charge is -2.45. The standard InChI is InChI=1S/C19H28O2/c1-15(2)17-9-11-19(3,18(13-17)10-12-20)21-14-16-7-5-4-6-8-16/h4-8,12,15,17-18H,9-11,13-14H2,1-3H3/t17-,18-,19+/m0/s1. The fourth-order valence-corrected chi connectivity index (χ4v) is 3.49. The molecule has 1 aromatic carbocycles. The fourth-order valence-electron chi connectivity index (χ4n) is 3.49. The topological polar surface area (TPSA) is 26.3 Å². The highest BCUT2D eigenvalue weighted by molar-refractivity contribution is 5.50. The summed E-state index contributed by atoms with van der Waals surface area (Å²) >= 11 is 0. The Morgan fingerprint density at radius 1 is 1.33 bits per heavy atom. The maximum atomic E-state index is 11.1. The molecule has 3 atom stereocenters. The summed E-state index contributed by atoms with van der Waals surface area (Å²) in [7, 11) is 0. The first-order chi connectivity index (χ1) is 10.0. The monoisotopic (exact) mass is 288 g/mol. The van der Waals surface area contributed by atoms with Gasteiger partial charge in [-0.2, -0.15) is 0 Å². The maximum Gasteiger partial charge on any atom is 0.120 e. The number of carbonyl (C=O) groups excluding carboxylic acids is 1. The van der Waals surface area contributed by atoms with Crippen LogP contribution in [0.3, 0.4) is 0 Å². The lowest BCUT2D eigenvalue weighted by Crippen LogP contribution is -2.43. The highest BCUT2D eigenvalue weighted by Crippen LogP contribution is 2.43. The molecule has 0 saturated heterocycles. The van der Waals surface area contributed by atoms with Crippen LogP contribution in [0.1, 0.15) is 52.0 Å². The van der Waals surface area contributed by atoms with E-state index in [1.165, 1.54) is 12.0 Å². The summed E-state index contributed by atoms with van der Waals surface area (Å²) in [4.78, 5) is 11.1. The molecule has 21 heavy (non-hydrogen) atoms. The molecule has 2 nitrogen and oxygen atoms in total. The van der Waals surface area contributed by atoms with Crippen LogP contribution in [-0.2, 0) is 16.1 Å². The van der Waals surface area contributed by atoms with Crippen LogP contribution < -0.4 is 0 Å². The average Bonchev–Trinajstić information content (AvgIpc) is 2.49. The highest BCUT2D eigenvalue weighted by atomic mass is 16.5. The summed E-state index contributed by atoms with van der Waals surface area (Å²) in [5.41, 5.74) is 1.04. The minimum atomic E-state index is -0.165. The second kappa shape index (κ2) is 7.22. The van der Waals surface area contributed by atoms with Gasteiger partial charge in [-0.25, -0.2) is 0 Å². The van der Waals surface area contributed by atoms with Crippen LogP contribution in [0.15, 0.2) is 30.3 Å². The number of ether oxygens (including phenoxy) is 1. The van der Waals surface area contributed by atoms with Crippen LogP contribution in [0, 0.1) is 17.8 Å². The number of benzene rings is 1. The van der Waals surface area contributed by atoms with Gasteiger partial charge >= 0.3 is 0 Å². The number of carbonyl (C=O) groups is 1. The molecule has 1 saturated carbocycles. The van der Waals surface area contributed by atoms with Gasteiger partial charge < -0.3 is 9.53 Å². The quantitative estimate of drug-likeness (QED) is 0.714. The smallest absolute Gasteiger partial charge is 0.120 e. The first-order valence-electron chi connectivity index (χ1n) is 8.16. The van der Waals surface area contributed by atoms with Gasteiger partial charge in [-0.1, -0.05) is 44.2 Å². The highest BCUT2D eigenvalue weighted by Gasteiger charge is 2.41. The Morgan fingerprint density at radius 3 is 2.67 bits per heavy atom. The summed E-state index contributed by atoms with van der Waals surface area (Å²) in [6.07, 6.45) is 5.06. The molecule has 1 fully saturated rings. The van der Waals surface area contributed by atoms with Gasteiger partial charge in [-0.3, -0.25) is 0 Å². The van der Waals surface area contributed by atoms with Gasteiger partial charge in [-0.05, 0) is 49.5 Å². The van der Waals surface area contributed by atoms with E-state index in [9.17, 15) is 4.79 Å². The van der Waals surface area contributed by atoms with Crippen molar-refractivity contribution in [1.82, 2.24) is 0 Å². The Kier molecular flexibility index (Phi) is 5.58. The van der Waals surface area contributed by atoms with Crippen molar-refractivity contribution in [2.24, 2.45) is 17.8 Å². The van der Waals surface area contributed by atoms with E-state index in [0.29, 0.717) is 24.9 Å². The van der Waals surface area contributed by atoms with Gasteiger partial charge in [-0.15, -0.1) is 0 Å². The molecular formula is C19H28O2. The van der Waals surface area contributed by atoms with E-state index in [4.69, 9.17) is 4.74 Å². The van der Waals surface area contributed by atoms with Crippen molar-refractivity contribution in [2.45, 2.75) is 58.7 Å². The minimum absolute atomic E-state index is 0.165. The second-order valence-corrected chi connectivity index (χ2v) is 6.96. The third-order valence-corrected chi connectivity index (χ3v) is 5.20. The predicted octanol–water partition coefficient (Wildman–Crippen LogP) is 4.62. The van der Waals surface area contributed by atoms with E-state index in [1.807, 2.05) is 18.2 Å². The molecule has 0 bridgehead atoms. The van der Waals surface area contributed by atoms with E-state index in [-0.39, 0.29) is 5.60 Å². The van der Waals surface area contributed by atoms with Gasteiger partial charge in [0.05, 0.1) is 12.2 Å². The Balaban J connectivity index is 2.02. The van der Waals surface area contributed by atoms with Crippen molar-refractivity contribution in [3.63, 3.8) is 0 Å². The van der Waals surface area contributed by atoms with Crippen LogP contribution in [0.4, 0.5) is 0 Å². The molecule has 0 spiro atoms. The number of hydrogen-bond donors (Lipinski definition) is 0.